The lowest BCUT2D eigenvalue weighted by Crippen LogP contribution is -2.12. The average molecular weight is 402 g/mol. The molecule has 1 N–H and O–H groups in total. The molecule has 3 nitrogen and oxygen atoms in total. The van der Waals surface area contributed by atoms with Crippen LogP contribution in [-0.2, 0) is 0 Å². The van der Waals surface area contributed by atoms with Crippen LogP contribution in [0.25, 0.3) is 10.2 Å². The maximum absolute atomic E-state index is 12.2. The molecule has 7 heteroatoms. The van der Waals surface area contributed by atoms with Gasteiger partial charge in [0, 0.05) is 14.5 Å². The summed E-state index contributed by atoms with van der Waals surface area (Å²) in [5.41, 5.74) is 1.30. The highest BCUT2D eigenvalue weighted by atomic mass is 79.9. The number of fused-ring (bicyclic) bond motifs is 1. The van der Waals surface area contributed by atoms with Crippen LogP contribution in [-0.4, -0.2) is 10.9 Å². The molecule has 0 aliphatic rings. The number of anilines is 1. The van der Waals surface area contributed by atoms with Crippen LogP contribution in [0.3, 0.4) is 0 Å². The standard InChI is InChI=1S/C14H7BrCl2N2OS/c15-10-5-7(16)1-3-9(10)13(20)19-14-18-11-4-2-8(17)6-12(11)21-14/h1-6H,(H,18,19,20). The summed E-state index contributed by atoms with van der Waals surface area (Å²) in [4.78, 5) is 16.6. The van der Waals surface area contributed by atoms with E-state index in [4.69, 9.17) is 23.2 Å². The van der Waals surface area contributed by atoms with Gasteiger partial charge in [-0.1, -0.05) is 34.5 Å². The number of amides is 1. The Labute approximate surface area is 143 Å². The molecule has 3 rings (SSSR count). The Balaban J connectivity index is 1.89. The van der Waals surface area contributed by atoms with E-state index < -0.39 is 0 Å². The molecular weight excluding hydrogens is 395 g/mol. The summed E-state index contributed by atoms with van der Waals surface area (Å²) in [6.07, 6.45) is 0. The zero-order chi connectivity index (χ0) is 15.0. The normalized spacial score (nSPS) is 10.8. The lowest BCUT2D eigenvalue weighted by atomic mass is 10.2. The molecule has 21 heavy (non-hydrogen) atoms. The third kappa shape index (κ3) is 3.21. The molecule has 1 heterocycles. The van der Waals surface area contributed by atoms with Crippen LogP contribution in [0.1, 0.15) is 10.4 Å². The van der Waals surface area contributed by atoms with Gasteiger partial charge in [-0.15, -0.1) is 0 Å². The molecule has 0 fully saturated rings. The maximum atomic E-state index is 12.2. The summed E-state index contributed by atoms with van der Waals surface area (Å²) < 4.78 is 1.56. The molecule has 0 bridgehead atoms. The summed E-state index contributed by atoms with van der Waals surface area (Å²) in [6, 6.07) is 10.4. The SMILES string of the molecule is O=C(Nc1nc2ccc(Cl)cc2s1)c1ccc(Cl)cc1Br. The Morgan fingerprint density at radius 3 is 2.62 bits per heavy atom. The molecule has 0 saturated carbocycles. The molecule has 0 atom stereocenters. The molecule has 2 aromatic carbocycles. The molecule has 0 radical (unpaired) electrons. The summed E-state index contributed by atoms with van der Waals surface area (Å²) in [5, 5.41) is 4.51. The number of thiazole rings is 1. The molecule has 0 unspecified atom stereocenters. The second kappa shape index (κ2) is 5.93. The molecular formula is C14H7BrCl2N2OS. The number of halogens is 3. The lowest BCUT2D eigenvalue weighted by Gasteiger charge is -2.04. The van der Waals surface area contributed by atoms with Gasteiger partial charge < -0.3 is 0 Å². The highest BCUT2D eigenvalue weighted by molar-refractivity contribution is 9.10. The third-order valence-corrected chi connectivity index (χ3v) is 4.81. The first-order chi connectivity index (χ1) is 10.0. The van der Waals surface area contributed by atoms with E-state index in [1.165, 1.54) is 11.3 Å². The van der Waals surface area contributed by atoms with Crippen LogP contribution in [0.2, 0.25) is 10.0 Å². The second-order valence-electron chi connectivity index (χ2n) is 4.21. The van der Waals surface area contributed by atoms with E-state index in [1.807, 2.05) is 12.1 Å². The van der Waals surface area contributed by atoms with Crippen molar-refractivity contribution in [3.63, 3.8) is 0 Å². The van der Waals surface area contributed by atoms with Gasteiger partial charge >= 0.3 is 0 Å². The predicted molar refractivity (Wildman–Crippen MR) is 91.7 cm³/mol. The first kappa shape index (κ1) is 14.8. The minimum Gasteiger partial charge on any atom is -0.298 e. The monoisotopic (exact) mass is 400 g/mol. The van der Waals surface area contributed by atoms with Crippen LogP contribution in [0.15, 0.2) is 40.9 Å². The number of hydrogen-bond donors (Lipinski definition) is 1. The number of carbonyl (C=O) groups is 1. The van der Waals surface area contributed by atoms with Crippen molar-refractivity contribution in [3.8, 4) is 0 Å². The van der Waals surface area contributed by atoms with E-state index in [9.17, 15) is 4.79 Å². The fourth-order valence-corrected chi connectivity index (χ4v) is 3.79. The van der Waals surface area contributed by atoms with Crippen LogP contribution >= 0.6 is 50.5 Å². The molecule has 3 aromatic rings. The number of benzene rings is 2. The average Bonchev–Trinajstić information content (AvgIpc) is 2.79. The van der Waals surface area contributed by atoms with Gasteiger partial charge in [0.1, 0.15) is 0 Å². The fourth-order valence-electron chi connectivity index (χ4n) is 1.79. The highest BCUT2D eigenvalue weighted by Crippen LogP contribution is 2.29. The van der Waals surface area contributed by atoms with Crippen molar-refractivity contribution in [1.29, 1.82) is 0 Å². The molecule has 1 amide bonds. The number of aromatic nitrogens is 1. The molecule has 0 aliphatic heterocycles. The minimum absolute atomic E-state index is 0.247. The van der Waals surface area contributed by atoms with Crippen molar-refractivity contribution >= 4 is 71.7 Å². The van der Waals surface area contributed by atoms with Gasteiger partial charge in [0.15, 0.2) is 5.13 Å². The molecule has 0 spiro atoms. The molecule has 1 aromatic heterocycles. The maximum Gasteiger partial charge on any atom is 0.258 e. The first-order valence-corrected chi connectivity index (χ1v) is 8.22. The van der Waals surface area contributed by atoms with E-state index in [0.29, 0.717) is 25.2 Å². The quantitative estimate of drug-likeness (QED) is 0.605. The highest BCUT2D eigenvalue weighted by Gasteiger charge is 2.13. The minimum atomic E-state index is -0.247. The smallest absolute Gasteiger partial charge is 0.258 e. The predicted octanol–water partition coefficient (Wildman–Crippen LogP) is 5.62. The molecule has 0 aliphatic carbocycles. The van der Waals surface area contributed by atoms with Gasteiger partial charge in [-0.25, -0.2) is 4.98 Å². The van der Waals surface area contributed by atoms with Gasteiger partial charge in [-0.3, -0.25) is 10.1 Å². The number of rotatable bonds is 2. The fraction of sp³-hybridized carbons (Fsp3) is 0. The largest absolute Gasteiger partial charge is 0.298 e. The van der Waals surface area contributed by atoms with Gasteiger partial charge in [0.2, 0.25) is 0 Å². The number of nitrogens with zero attached hydrogens (tertiary/aromatic N) is 1. The van der Waals surface area contributed by atoms with Gasteiger partial charge in [-0.05, 0) is 52.3 Å². The summed E-state index contributed by atoms with van der Waals surface area (Å²) >= 11 is 16.5. The molecule has 106 valence electrons. The third-order valence-electron chi connectivity index (χ3n) is 2.75. The van der Waals surface area contributed by atoms with E-state index in [2.05, 4.69) is 26.2 Å². The summed E-state index contributed by atoms with van der Waals surface area (Å²) in [6.45, 7) is 0. The van der Waals surface area contributed by atoms with Crippen LogP contribution in [0.4, 0.5) is 5.13 Å². The summed E-state index contributed by atoms with van der Waals surface area (Å²) in [7, 11) is 0. The van der Waals surface area contributed by atoms with Crippen LogP contribution in [0.5, 0.6) is 0 Å². The van der Waals surface area contributed by atoms with Crippen molar-refractivity contribution < 1.29 is 4.79 Å². The Kier molecular flexibility index (Phi) is 4.17. The van der Waals surface area contributed by atoms with E-state index in [1.54, 1.807) is 24.3 Å². The van der Waals surface area contributed by atoms with E-state index in [-0.39, 0.29) is 5.91 Å². The first-order valence-electron chi connectivity index (χ1n) is 5.85. The zero-order valence-corrected chi connectivity index (χ0v) is 14.3. The van der Waals surface area contributed by atoms with E-state index >= 15 is 0 Å². The van der Waals surface area contributed by atoms with Crippen molar-refractivity contribution in [2.45, 2.75) is 0 Å². The second-order valence-corrected chi connectivity index (χ2v) is 6.97. The van der Waals surface area contributed by atoms with Gasteiger partial charge in [0.25, 0.3) is 5.91 Å². The topological polar surface area (TPSA) is 42.0 Å². The number of nitrogens with one attached hydrogen (secondary N) is 1. The van der Waals surface area contributed by atoms with Crippen molar-refractivity contribution in [2.75, 3.05) is 5.32 Å². The van der Waals surface area contributed by atoms with Crippen LogP contribution < -0.4 is 5.32 Å². The molecule has 0 saturated heterocycles. The summed E-state index contributed by atoms with van der Waals surface area (Å²) in [5.74, 6) is -0.247. The number of carbonyl (C=O) groups excluding carboxylic acids is 1. The Bertz CT molecular complexity index is 850. The Hall–Kier alpha value is -1.14. The Morgan fingerprint density at radius 1 is 1.14 bits per heavy atom. The van der Waals surface area contributed by atoms with Crippen LogP contribution in [0, 0.1) is 0 Å². The number of hydrogen-bond acceptors (Lipinski definition) is 3. The van der Waals surface area contributed by atoms with Crippen molar-refractivity contribution in [3.05, 3.63) is 56.5 Å². The van der Waals surface area contributed by atoms with Gasteiger partial charge in [0.05, 0.1) is 15.8 Å². The van der Waals surface area contributed by atoms with Gasteiger partial charge in [-0.2, -0.15) is 0 Å². The van der Waals surface area contributed by atoms with Crippen molar-refractivity contribution in [2.24, 2.45) is 0 Å². The van der Waals surface area contributed by atoms with Crippen molar-refractivity contribution in [1.82, 2.24) is 4.98 Å². The van der Waals surface area contributed by atoms with E-state index in [0.717, 1.165) is 10.2 Å². The Morgan fingerprint density at radius 2 is 1.86 bits per heavy atom. The lowest BCUT2D eigenvalue weighted by molar-refractivity contribution is 0.102. The zero-order valence-electron chi connectivity index (χ0n) is 10.4.